The fourth-order valence-corrected chi connectivity index (χ4v) is 1.50. The van der Waals surface area contributed by atoms with Gasteiger partial charge in [-0.3, -0.25) is 4.79 Å². The van der Waals surface area contributed by atoms with Gasteiger partial charge in [0.15, 0.2) is 0 Å². The summed E-state index contributed by atoms with van der Waals surface area (Å²) < 4.78 is 5.16. The van der Waals surface area contributed by atoms with Crippen molar-refractivity contribution >= 4 is 5.78 Å². The first kappa shape index (κ1) is 10.6. The van der Waals surface area contributed by atoms with Gasteiger partial charge in [0.05, 0.1) is 24.9 Å². The largest absolute Gasteiger partial charge is 0.390 e. The molecule has 4 nitrogen and oxygen atoms in total. The summed E-state index contributed by atoms with van der Waals surface area (Å²) in [6.45, 7) is 3.42. The molecule has 1 saturated heterocycles. The summed E-state index contributed by atoms with van der Waals surface area (Å²) >= 11 is 0. The Morgan fingerprint density at radius 3 is 2.69 bits per heavy atom. The average molecular weight is 188 g/mol. The van der Waals surface area contributed by atoms with Crippen molar-refractivity contribution < 1.29 is 19.7 Å². The monoisotopic (exact) mass is 188 g/mol. The van der Waals surface area contributed by atoms with Gasteiger partial charge in [0, 0.05) is 12.3 Å². The molecular formula is C9H16O4. The van der Waals surface area contributed by atoms with Crippen LogP contribution in [0.3, 0.4) is 0 Å². The van der Waals surface area contributed by atoms with Crippen LogP contribution in [0.2, 0.25) is 0 Å². The van der Waals surface area contributed by atoms with E-state index in [2.05, 4.69) is 0 Å². The third-order valence-corrected chi connectivity index (χ3v) is 2.50. The quantitative estimate of drug-likeness (QED) is 0.625. The Morgan fingerprint density at radius 1 is 1.54 bits per heavy atom. The Labute approximate surface area is 77.5 Å². The van der Waals surface area contributed by atoms with Crippen LogP contribution in [0.1, 0.15) is 20.3 Å². The number of ketones is 1. The maximum Gasteiger partial charge on any atom is 0.132 e. The van der Waals surface area contributed by atoms with Gasteiger partial charge in [-0.15, -0.1) is 0 Å². The van der Waals surface area contributed by atoms with Crippen molar-refractivity contribution in [1.82, 2.24) is 0 Å². The summed E-state index contributed by atoms with van der Waals surface area (Å²) in [6.07, 6.45) is -1.60. The van der Waals surface area contributed by atoms with E-state index in [4.69, 9.17) is 4.74 Å². The summed E-state index contributed by atoms with van der Waals surface area (Å²) in [5, 5.41) is 18.9. The topological polar surface area (TPSA) is 66.8 Å². The Bertz CT molecular complexity index is 192. The molecular weight excluding hydrogens is 172 g/mol. The van der Waals surface area contributed by atoms with Crippen LogP contribution in [0.25, 0.3) is 0 Å². The third kappa shape index (κ3) is 2.49. The maximum atomic E-state index is 10.8. The fourth-order valence-electron chi connectivity index (χ4n) is 1.50. The Hall–Kier alpha value is -0.450. The van der Waals surface area contributed by atoms with E-state index >= 15 is 0 Å². The van der Waals surface area contributed by atoms with Gasteiger partial charge in [-0.25, -0.2) is 0 Å². The first-order valence-electron chi connectivity index (χ1n) is 4.49. The van der Waals surface area contributed by atoms with Gasteiger partial charge in [0.25, 0.3) is 0 Å². The molecule has 0 aromatic heterocycles. The summed E-state index contributed by atoms with van der Waals surface area (Å²) in [5.41, 5.74) is 0. The van der Waals surface area contributed by atoms with Gasteiger partial charge in [-0.05, 0) is 6.92 Å². The summed E-state index contributed by atoms with van der Waals surface area (Å²) in [4.78, 5) is 10.8. The number of hydrogen-bond acceptors (Lipinski definition) is 4. The van der Waals surface area contributed by atoms with Crippen LogP contribution < -0.4 is 0 Å². The zero-order valence-corrected chi connectivity index (χ0v) is 7.93. The molecule has 0 radical (unpaired) electrons. The number of rotatable bonds is 2. The molecule has 0 amide bonds. The van der Waals surface area contributed by atoms with E-state index in [0.29, 0.717) is 0 Å². The first-order chi connectivity index (χ1) is 6.02. The van der Waals surface area contributed by atoms with Crippen LogP contribution in [0.4, 0.5) is 0 Å². The lowest BCUT2D eigenvalue weighted by atomic mass is 9.90. The van der Waals surface area contributed by atoms with Gasteiger partial charge in [0.1, 0.15) is 5.78 Å². The minimum atomic E-state index is -0.743. The highest BCUT2D eigenvalue weighted by molar-refractivity contribution is 5.76. The Balaban J connectivity index is 2.53. The van der Waals surface area contributed by atoms with Crippen molar-refractivity contribution in [2.45, 2.75) is 38.6 Å². The Kier molecular flexibility index (Phi) is 3.41. The van der Waals surface area contributed by atoms with Crippen LogP contribution in [-0.2, 0) is 9.53 Å². The first-order valence-corrected chi connectivity index (χ1v) is 4.49. The maximum absolute atomic E-state index is 10.8. The molecule has 4 atom stereocenters. The van der Waals surface area contributed by atoms with E-state index in [1.807, 2.05) is 0 Å². The number of carbonyl (C=O) groups is 1. The summed E-state index contributed by atoms with van der Waals surface area (Å²) in [6, 6.07) is 0. The number of Topliss-reactive ketones (excluding diaryl/α,β-unsaturated/α-hetero) is 1. The molecule has 0 aromatic rings. The van der Waals surface area contributed by atoms with Gasteiger partial charge in [-0.2, -0.15) is 0 Å². The second-order valence-corrected chi connectivity index (χ2v) is 3.69. The van der Waals surface area contributed by atoms with Crippen molar-refractivity contribution in [3.8, 4) is 0 Å². The van der Waals surface area contributed by atoms with Gasteiger partial charge < -0.3 is 14.9 Å². The number of carbonyl (C=O) groups excluding carboxylic acids is 1. The molecule has 0 aliphatic carbocycles. The average Bonchev–Trinajstić information content (AvgIpc) is 2.06. The number of aliphatic hydroxyl groups excluding tert-OH is 2. The molecule has 0 saturated carbocycles. The molecule has 13 heavy (non-hydrogen) atoms. The molecule has 0 bridgehead atoms. The summed E-state index contributed by atoms with van der Waals surface area (Å²) in [5.74, 6) is -0.231. The highest BCUT2D eigenvalue weighted by atomic mass is 16.5. The predicted molar refractivity (Wildman–Crippen MR) is 46.2 cm³/mol. The molecule has 1 heterocycles. The second-order valence-electron chi connectivity index (χ2n) is 3.69. The van der Waals surface area contributed by atoms with Crippen molar-refractivity contribution in [3.05, 3.63) is 0 Å². The van der Waals surface area contributed by atoms with Crippen LogP contribution in [-0.4, -0.2) is 40.9 Å². The molecule has 4 heteroatoms. The molecule has 0 unspecified atom stereocenters. The molecule has 1 aliphatic rings. The molecule has 0 aromatic carbocycles. The van der Waals surface area contributed by atoms with Crippen molar-refractivity contribution in [2.24, 2.45) is 5.92 Å². The lowest BCUT2D eigenvalue weighted by Crippen LogP contribution is -2.48. The SMILES string of the molecule is CC(=O)C[C@@H]1OC[C@@H](O)[C@H](C)[C@H]1O. The smallest absolute Gasteiger partial charge is 0.132 e. The second kappa shape index (κ2) is 4.17. The zero-order valence-electron chi connectivity index (χ0n) is 7.93. The van der Waals surface area contributed by atoms with E-state index in [-0.39, 0.29) is 24.7 Å². The van der Waals surface area contributed by atoms with Crippen LogP contribution in [0.15, 0.2) is 0 Å². The predicted octanol–water partition coefficient (Wildman–Crippen LogP) is -0.278. The molecule has 1 aliphatic heterocycles. The van der Waals surface area contributed by atoms with Gasteiger partial charge in [0.2, 0.25) is 0 Å². The van der Waals surface area contributed by atoms with Crippen LogP contribution >= 0.6 is 0 Å². The van der Waals surface area contributed by atoms with E-state index in [1.165, 1.54) is 6.92 Å². The zero-order chi connectivity index (χ0) is 10.0. The minimum absolute atomic E-state index is 0.00682. The molecule has 76 valence electrons. The van der Waals surface area contributed by atoms with E-state index in [9.17, 15) is 15.0 Å². The molecule has 1 rings (SSSR count). The van der Waals surface area contributed by atoms with E-state index < -0.39 is 18.3 Å². The highest BCUT2D eigenvalue weighted by Crippen LogP contribution is 2.22. The lowest BCUT2D eigenvalue weighted by Gasteiger charge is -2.35. The molecule has 0 spiro atoms. The lowest BCUT2D eigenvalue weighted by molar-refractivity contribution is -0.160. The Morgan fingerprint density at radius 2 is 2.15 bits per heavy atom. The number of aliphatic hydroxyl groups is 2. The van der Waals surface area contributed by atoms with Crippen molar-refractivity contribution in [2.75, 3.05) is 6.61 Å². The summed E-state index contributed by atoms with van der Waals surface area (Å²) in [7, 11) is 0. The van der Waals surface area contributed by atoms with Gasteiger partial charge in [-0.1, -0.05) is 6.92 Å². The van der Waals surface area contributed by atoms with Crippen LogP contribution in [0, 0.1) is 5.92 Å². The highest BCUT2D eigenvalue weighted by Gasteiger charge is 2.35. The standard InChI is InChI=1S/C9H16O4/c1-5(10)3-8-9(12)6(2)7(11)4-13-8/h6-9,11-12H,3-4H2,1-2H3/t6-,7+,8-,9+/m0/s1. The van der Waals surface area contributed by atoms with Crippen molar-refractivity contribution in [1.29, 1.82) is 0 Å². The molecule has 2 N–H and O–H groups in total. The number of ether oxygens (including phenoxy) is 1. The van der Waals surface area contributed by atoms with Crippen LogP contribution in [0.5, 0.6) is 0 Å². The molecule has 1 fully saturated rings. The van der Waals surface area contributed by atoms with Crippen molar-refractivity contribution in [3.63, 3.8) is 0 Å². The third-order valence-electron chi connectivity index (χ3n) is 2.50. The normalized spacial score (nSPS) is 40.3. The minimum Gasteiger partial charge on any atom is -0.390 e. The van der Waals surface area contributed by atoms with E-state index in [1.54, 1.807) is 6.92 Å². The van der Waals surface area contributed by atoms with Gasteiger partial charge >= 0.3 is 0 Å². The fraction of sp³-hybridized carbons (Fsp3) is 0.889. The number of hydrogen-bond donors (Lipinski definition) is 2. The van der Waals surface area contributed by atoms with E-state index in [0.717, 1.165) is 0 Å².